The average Bonchev–Trinajstić information content (AvgIpc) is 2.21. The Morgan fingerprint density at radius 1 is 0.929 bits per heavy atom. The van der Waals surface area contributed by atoms with Crippen molar-refractivity contribution in [3.63, 3.8) is 0 Å². The summed E-state index contributed by atoms with van der Waals surface area (Å²) in [5, 5.41) is 8.48. The number of methoxy groups -OCH3 is 1. The molecule has 0 aromatic heterocycles. The van der Waals surface area contributed by atoms with Gasteiger partial charge in [-0.25, -0.2) is 0 Å². The fraction of sp³-hybridized carbons (Fsp3) is 0.667. The number of unbranched alkanes of at least 4 members (excludes halogenated alkanes) is 5. The van der Waals surface area contributed by atoms with Crippen molar-refractivity contribution in [3.8, 4) is 0 Å². The molecular formula is C12H22O2. The van der Waals surface area contributed by atoms with Gasteiger partial charge < -0.3 is 9.84 Å². The van der Waals surface area contributed by atoms with Crippen molar-refractivity contribution in [3.05, 3.63) is 24.5 Å². The van der Waals surface area contributed by atoms with Gasteiger partial charge in [0.05, 0.1) is 20.0 Å². The fourth-order valence-corrected chi connectivity index (χ4v) is 1.23. The van der Waals surface area contributed by atoms with E-state index in [0.29, 0.717) is 0 Å². The summed E-state index contributed by atoms with van der Waals surface area (Å²) in [6.45, 7) is 0.168. The molecule has 0 bridgehead atoms. The third kappa shape index (κ3) is 11.2. The molecule has 0 amide bonds. The van der Waals surface area contributed by atoms with Crippen LogP contribution in [0.4, 0.5) is 0 Å². The van der Waals surface area contributed by atoms with Gasteiger partial charge in [-0.05, 0) is 31.8 Å². The summed E-state index contributed by atoms with van der Waals surface area (Å²) < 4.78 is 4.80. The summed E-state index contributed by atoms with van der Waals surface area (Å²) in [4.78, 5) is 0. The maximum Gasteiger partial charge on any atom is 0.0784 e. The fourth-order valence-electron chi connectivity index (χ4n) is 1.23. The van der Waals surface area contributed by atoms with Crippen LogP contribution in [-0.4, -0.2) is 18.8 Å². The maximum atomic E-state index is 8.48. The van der Waals surface area contributed by atoms with Crippen molar-refractivity contribution in [2.45, 2.75) is 38.5 Å². The van der Waals surface area contributed by atoms with Gasteiger partial charge in [0.25, 0.3) is 0 Å². The SMILES string of the molecule is CO/C=C/CCCCCC/C=C/CO. The first kappa shape index (κ1) is 13.2. The van der Waals surface area contributed by atoms with Crippen LogP contribution < -0.4 is 0 Å². The lowest BCUT2D eigenvalue weighted by atomic mass is 10.1. The van der Waals surface area contributed by atoms with E-state index in [9.17, 15) is 0 Å². The van der Waals surface area contributed by atoms with Crippen LogP contribution in [0.5, 0.6) is 0 Å². The minimum absolute atomic E-state index is 0.168. The lowest BCUT2D eigenvalue weighted by molar-refractivity contribution is 0.336. The molecule has 14 heavy (non-hydrogen) atoms. The van der Waals surface area contributed by atoms with Crippen LogP contribution in [0, 0.1) is 0 Å². The van der Waals surface area contributed by atoms with Crippen molar-refractivity contribution < 1.29 is 9.84 Å². The van der Waals surface area contributed by atoms with E-state index in [-0.39, 0.29) is 6.61 Å². The van der Waals surface area contributed by atoms with E-state index in [2.05, 4.69) is 6.08 Å². The predicted molar refractivity (Wildman–Crippen MR) is 60.1 cm³/mol. The molecule has 0 aromatic carbocycles. The van der Waals surface area contributed by atoms with Gasteiger partial charge in [-0.1, -0.05) is 25.0 Å². The van der Waals surface area contributed by atoms with Crippen LogP contribution in [-0.2, 0) is 4.74 Å². The highest BCUT2D eigenvalue weighted by molar-refractivity contribution is 4.80. The van der Waals surface area contributed by atoms with E-state index in [4.69, 9.17) is 9.84 Å². The molecule has 0 aliphatic heterocycles. The molecule has 0 spiro atoms. The van der Waals surface area contributed by atoms with Crippen LogP contribution in [0.1, 0.15) is 38.5 Å². The van der Waals surface area contributed by atoms with Crippen molar-refractivity contribution in [2.24, 2.45) is 0 Å². The van der Waals surface area contributed by atoms with Crippen LogP contribution in [0.3, 0.4) is 0 Å². The molecule has 0 aromatic rings. The van der Waals surface area contributed by atoms with Gasteiger partial charge in [-0.3, -0.25) is 0 Å². The molecule has 2 heteroatoms. The summed E-state index contributed by atoms with van der Waals surface area (Å²) in [6, 6.07) is 0. The second kappa shape index (κ2) is 12.2. The third-order valence-corrected chi connectivity index (χ3v) is 2.00. The minimum atomic E-state index is 0.168. The zero-order valence-corrected chi connectivity index (χ0v) is 9.11. The number of aliphatic hydroxyl groups excluding tert-OH is 1. The normalized spacial score (nSPS) is 11.6. The highest BCUT2D eigenvalue weighted by atomic mass is 16.5. The molecular weight excluding hydrogens is 176 g/mol. The van der Waals surface area contributed by atoms with E-state index >= 15 is 0 Å². The van der Waals surface area contributed by atoms with E-state index < -0.39 is 0 Å². The van der Waals surface area contributed by atoms with E-state index in [1.165, 1.54) is 25.7 Å². The van der Waals surface area contributed by atoms with Crippen LogP contribution in [0.25, 0.3) is 0 Å². The quantitative estimate of drug-likeness (QED) is 0.350. The number of ether oxygens (including phenoxy) is 1. The summed E-state index contributed by atoms with van der Waals surface area (Å²) in [7, 11) is 1.67. The minimum Gasteiger partial charge on any atom is -0.505 e. The molecule has 0 fully saturated rings. The van der Waals surface area contributed by atoms with Crippen molar-refractivity contribution in [2.75, 3.05) is 13.7 Å². The maximum absolute atomic E-state index is 8.48. The molecule has 0 heterocycles. The first-order valence-corrected chi connectivity index (χ1v) is 5.35. The summed E-state index contributed by atoms with van der Waals surface area (Å²) in [5.74, 6) is 0. The lowest BCUT2D eigenvalue weighted by Gasteiger charge is -1.96. The van der Waals surface area contributed by atoms with Gasteiger partial charge in [0.15, 0.2) is 0 Å². The number of hydrogen-bond acceptors (Lipinski definition) is 2. The molecule has 0 radical (unpaired) electrons. The first-order valence-electron chi connectivity index (χ1n) is 5.35. The van der Waals surface area contributed by atoms with Crippen LogP contribution in [0.2, 0.25) is 0 Å². The number of allylic oxidation sites excluding steroid dienone is 2. The molecule has 0 aliphatic rings. The van der Waals surface area contributed by atoms with Gasteiger partial charge in [0.1, 0.15) is 0 Å². The van der Waals surface area contributed by atoms with Crippen molar-refractivity contribution in [1.29, 1.82) is 0 Å². The zero-order chi connectivity index (χ0) is 10.5. The molecule has 0 atom stereocenters. The molecule has 0 aliphatic carbocycles. The Balaban J connectivity index is 2.99. The smallest absolute Gasteiger partial charge is 0.0784 e. The largest absolute Gasteiger partial charge is 0.505 e. The average molecular weight is 198 g/mol. The van der Waals surface area contributed by atoms with Crippen molar-refractivity contribution in [1.82, 2.24) is 0 Å². The Bertz CT molecular complexity index is 132. The van der Waals surface area contributed by atoms with Gasteiger partial charge in [0.2, 0.25) is 0 Å². The Hall–Kier alpha value is -0.760. The van der Waals surface area contributed by atoms with E-state index in [1.54, 1.807) is 19.4 Å². The topological polar surface area (TPSA) is 29.5 Å². The Kier molecular flexibility index (Phi) is 11.6. The van der Waals surface area contributed by atoms with Gasteiger partial charge in [-0.15, -0.1) is 0 Å². The molecule has 82 valence electrons. The highest BCUT2D eigenvalue weighted by Crippen LogP contribution is 2.06. The second-order valence-corrected chi connectivity index (χ2v) is 3.25. The van der Waals surface area contributed by atoms with Gasteiger partial charge in [-0.2, -0.15) is 0 Å². The molecule has 0 saturated carbocycles. The van der Waals surface area contributed by atoms with Gasteiger partial charge >= 0.3 is 0 Å². The number of hydrogen-bond donors (Lipinski definition) is 1. The standard InChI is InChI=1S/C12H22O2/c1-14-12-10-8-6-4-2-3-5-7-9-11-13/h7,9-10,12-13H,2-6,8,11H2,1H3/b9-7+,12-10+. The molecule has 0 saturated heterocycles. The predicted octanol–water partition coefficient (Wildman–Crippen LogP) is 3.04. The van der Waals surface area contributed by atoms with Crippen LogP contribution in [0.15, 0.2) is 24.5 Å². The Labute approximate surface area is 87.3 Å². The summed E-state index contributed by atoms with van der Waals surface area (Å²) in [5.41, 5.74) is 0. The van der Waals surface area contributed by atoms with E-state index in [1.807, 2.05) is 6.08 Å². The monoisotopic (exact) mass is 198 g/mol. The summed E-state index contributed by atoms with van der Waals surface area (Å²) in [6.07, 6.45) is 14.9. The second-order valence-electron chi connectivity index (χ2n) is 3.25. The zero-order valence-electron chi connectivity index (χ0n) is 9.11. The molecule has 0 unspecified atom stereocenters. The molecule has 0 rings (SSSR count). The van der Waals surface area contributed by atoms with Gasteiger partial charge in [0, 0.05) is 0 Å². The number of aliphatic hydroxyl groups is 1. The lowest BCUT2D eigenvalue weighted by Crippen LogP contribution is -1.78. The molecule has 1 N–H and O–H groups in total. The first-order chi connectivity index (χ1) is 6.91. The number of rotatable bonds is 9. The molecule has 2 nitrogen and oxygen atoms in total. The third-order valence-electron chi connectivity index (χ3n) is 2.00. The Morgan fingerprint density at radius 2 is 1.57 bits per heavy atom. The van der Waals surface area contributed by atoms with Crippen LogP contribution >= 0.6 is 0 Å². The van der Waals surface area contributed by atoms with Crippen molar-refractivity contribution >= 4 is 0 Å². The Morgan fingerprint density at radius 3 is 2.14 bits per heavy atom. The highest BCUT2D eigenvalue weighted by Gasteiger charge is 1.87. The summed E-state index contributed by atoms with van der Waals surface area (Å²) >= 11 is 0. The van der Waals surface area contributed by atoms with E-state index in [0.717, 1.165) is 12.8 Å².